The van der Waals surface area contributed by atoms with E-state index < -0.39 is 3.25 Å². The fourth-order valence-electron chi connectivity index (χ4n) is 0. The van der Waals surface area contributed by atoms with Crippen LogP contribution in [0.5, 0.6) is 0 Å². The van der Waals surface area contributed by atoms with E-state index in [0.717, 1.165) is 0 Å². The van der Waals surface area contributed by atoms with Crippen LogP contribution < -0.4 is 18.9 Å². The average Bonchev–Trinajstić information content (AvgIpc) is 0.722. The maximum Gasteiger partial charge on any atom is 1.00 e. The molecule has 0 atom stereocenters. The number of hydrogen-bond donors (Lipinski definition) is 0. The minimum Gasteiger partial charge on any atom is -1.00 e. The Morgan fingerprint density at radius 2 is 1.00 bits per heavy atom. The molecule has 0 saturated heterocycles. The minimum absolute atomic E-state index is 0. The van der Waals surface area contributed by atoms with Crippen molar-refractivity contribution in [2.75, 3.05) is 0 Å². The first-order chi connectivity index (χ1) is 2.00. The van der Waals surface area contributed by atoms with Crippen molar-refractivity contribution in [2.24, 2.45) is 0 Å². The van der Waals surface area contributed by atoms with E-state index in [9.17, 15) is 0 Å². The smallest absolute Gasteiger partial charge is 1.00 e. The van der Waals surface area contributed by atoms with Crippen LogP contribution in [-0.2, 0) is 0 Å². The molecule has 0 rings (SSSR count). The van der Waals surface area contributed by atoms with Gasteiger partial charge in [-0.2, -0.15) is 0 Å². The van der Waals surface area contributed by atoms with Gasteiger partial charge in [0.1, 0.15) is 0 Å². The van der Waals surface area contributed by atoms with Gasteiger partial charge in [0.15, 0.2) is 0 Å². The van der Waals surface area contributed by atoms with E-state index in [0.29, 0.717) is 0 Å². The first-order valence-corrected chi connectivity index (χ1v) is 2.27. The third-order valence-electron chi connectivity index (χ3n) is 0. The summed E-state index contributed by atoms with van der Waals surface area (Å²) in [7, 11) is 0. The second-order valence-electron chi connectivity index (χ2n) is 0.429. The summed E-state index contributed by atoms with van der Waals surface area (Å²) in [6.45, 7) is 0. The second-order valence-corrected chi connectivity index (χ2v) is 3.86. The molecule has 0 saturated carbocycles. The normalized spacial score (nSPS) is 10.0. The molecule has 0 radical (unpaired) electrons. The van der Waals surface area contributed by atoms with Crippen LogP contribution >= 0.6 is 46.4 Å². The molecule has 0 aliphatic heterocycles. The van der Waals surface area contributed by atoms with Crippen molar-refractivity contribution in [2.45, 2.75) is 3.25 Å². The Morgan fingerprint density at radius 3 is 1.00 bits per heavy atom. The van der Waals surface area contributed by atoms with Crippen LogP contribution in [0.3, 0.4) is 0 Å². The van der Waals surface area contributed by atoms with Crippen LogP contribution in [0.2, 0.25) is 0 Å². The summed E-state index contributed by atoms with van der Waals surface area (Å²) in [5.74, 6) is 0. The molecule has 0 unspecified atom stereocenters. The molecule has 0 aliphatic rings. The molecule has 6 heavy (non-hydrogen) atoms. The van der Waals surface area contributed by atoms with Crippen molar-refractivity contribution in [1.82, 2.24) is 0 Å². The molecule has 0 bridgehead atoms. The zero-order valence-electron chi connectivity index (χ0n) is 4.01. The summed E-state index contributed by atoms with van der Waals surface area (Å²) in [6, 6.07) is 0. The van der Waals surface area contributed by atoms with Gasteiger partial charge in [0.05, 0.1) is 0 Å². The molecule has 0 aromatic heterocycles. The number of rotatable bonds is 0. The Hall–Kier alpha value is 1.76. The van der Waals surface area contributed by atoms with E-state index in [-0.39, 0.29) is 20.3 Å². The molecular weight excluding hydrogens is 161 g/mol. The van der Waals surface area contributed by atoms with Gasteiger partial charge < -0.3 is 1.43 Å². The zero-order chi connectivity index (χ0) is 4.50. The van der Waals surface area contributed by atoms with E-state index >= 15 is 0 Å². The fraction of sp³-hybridized carbons (Fsp3) is 1.00. The van der Waals surface area contributed by atoms with Gasteiger partial charge in [-0.05, 0) is 0 Å². The molecule has 5 heteroatoms. The van der Waals surface area contributed by atoms with Crippen LogP contribution in [-0.4, -0.2) is 3.25 Å². The first-order valence-electron chi connectivity index (χ1n) is 0.756. The molecule has 0 aromatic rings. The van der Waals surface area contributed by atoms with Crippen molar-refractivity contribution in [3.63, 3.8) is 0 Å². The molecule has 0 aliphatic carbocycles. The summed E-state index contributed by atoms with van der Waals surface area (Å²) < 4.78 is -1.61. The predicted octanol–water partition coefficient (Wildman–Crippen LogP) is -0.331. The maximum atomic E-state index is 4.83. The average molecular weight is 162 g/mol. The Kier molecular flexibility index (Phi) is 6.63. The molecule has 0 aromatic carbocycles. The van der Waals surface area contributed by atoms with Crippen LogP contribution in [0.15, 0.2) is 0 Å². The van der Waals surface area contributed by atoms with E-state index in [1.54, 1.807) is 0 Å². The van der Waals surface area contributed by atoms with Crippen LogP contribution in [0.1, 0.15) is 1.43 Å². The van der Waals surface area contributed by atoms with Gasteiger partial charge in [-0.15, -0.1) is 0 Å². The number of halogens is 4. The SMILES string of the molecule is ClC(Cl)(Cl)Cl.[H-].[Li+]. The second kappa shape index (κ2) is 3.72. The number of alkyl halides is 4. The van der Waals surface area contributed by atoms with Gasteiger partial charge in [-0.25, -0.2) is 0 Å². The van der Waals surface area contributed by atoms with Gasteiger partial charge in [-0.3, -0.25) is 0 Å². The van der Waals surface area contributed by atoms with E-state index in [1.807, 2.05) is 0 Å². The molecule has 0 nitrogen and oxygen atoms in total. The maximum absolute atomic E-state index is 4.83. The van der Waals surface area contributed by atoms with Crippen LogP contribution in [0.25, 0.3) is 0 Å². The zero-order valence-corrected chi connectivity index (χ0v) is 6.04. The molecule has 0 N–H and O–H groups in total. The van der Waals surface area contributed by atoms with Gasteiger partial charge >= 0.3 is 18.9 Å². The van der Waals surface area contributed by atoms with E-state index in [4.69, 9.17) is 46.4 Å². The monoisotopic (exact) mass is 160 g/mol. The molecule has 0 amide bonds. The Bertz CT molecular complexity index is 27.2. The summed E-state index contributed by atoms with van der Waals surface area (Å²) in [4.78, 5) is 0. The van der Waals surface area contributed by atoms with Crippen molar-refractivity contribution >= 4 is 46.4 Å². The summed E-state index contributed by atoms with van der Waals surface area (Å²) in [6.07, 6.45) is 0. The number of hydrogen-bond acceptors (Lipinski definition) is 0. The summed E-state index contributed by atoms with van der Waals surface area (Å²) in [5.41, 5.74) is 0. The summed E-state index contributed by atoms with van der Waals surface area (Å²) in [5, 5.41) is 0. The van der Waals surface area contributed by atoms with E-state index in [2.05, 4.69) is 0 Å². The Morgan fingerprint density at radius 1 is 1.00 bits per heavy atom. The Balaban J connectivity index is -0.0000000800. The predicted molar refractivity (Wildman–Crippen MR) is 27.3 cm³/mol. The third kappa shape index (κ3) is 42.2. The van der Waals surface area contributed by atoms with Crippen molar-refractivity contribution < 1.29 is 20.3 Å². The van der Waals surface area contributed by atoms with Crippen molar-refractivity contribution in [3.05, 3.63) is 0 Å². The minimum atomic E-state index is -1.61. The van der Waals surface area contributed by atoms with E-state index in [1.165, 1.54) is 0 Å². The fourth-order valence-corrected chi connectivity index (χ4v) is 0. The van der Waals surface area contributed by atoms with Gasteiger partial charge in [0, 0.05) is 0 Å². The molecule has 0 heterocycles. The Labute approximate surface area is 69.7 Å². The molecule has 0 fully saturated rings. The van der Waals surface area contributed by atoms with Crippen molar-refractivity contribution in [1.29, 1.82) is 0 Å². The third-order valence-corrected chi connectivity index (χ3v) is 0. The van der Waals surface area contributed by atoms with Gasteiger partial charge in [0.25, 0.3) is 3.25 Å². The van der Waals surface area contributed by atoms with Gasteiger partial charge in [0.2, 0.25) is 0 Å². The summed E-state index contributed by atoms with van der Waals surface area (Å²) >= 11 is 19.3. The standard InChI is InChI=1S/CCl4.Li.H/c2-1(3,4)5;;/q;+1;-1. The largest absolute Gasteiger partial charge is 1.00 e. The van der Waals surface area contributed by atoms with Crippen LogP contribution in [0, 0.1) is 0 Å². The van der Waals surface area contributed by atoms with Crippen molar-refractivity contribution in [3.8, 4) is 0 Å². The first kappa shape index (κ1) is 10.7. The molecular formula is CHCl4Li. The quantitative estimate of drug-likeness (QED) is 0.337. The van der Waals surface area contributed by atoms with Crippen LogP contribution in [0.4, 0.5) is 0 Å². The molecule has 34 valence electrons. The topological polar surface area (TPSA) is 0 Å². The molecule has 0 spiro atoms. The van der Waals surface area contributed by atoms with Gasteiger partial charge in [-0.1, -0.05) is 46.4 Å².